The number of carbonyl (C=O) groups excluding carboxylic acids is 1. The third kappa shape index (κ3) is 3.88. The standard InChI is InChI=1S/C35H18N2O5S2/c36-19-21(20-37)34-26-13-11-24(43(39,40)22-7-3-1-4-8-22)15-28(26)30-17-31-29-16-25(44(41,42)23-9-5-2-6-10-23)12-14-27(29)35(38)33(31)18-32(30)34/h1-18H. The van der Waals surface area contributed by atoms with Crippen LogP contribution in [0.1, 0.15) is 27.0 Å². The van der Waals surface area contributed by atoms with Crippen LogP contribution in [0.5, 0.6) is 0 Å². The summed E-state index contributed by atoms with van der Waals surface area (Å²) in [7, 11) is -7.77. The van der Waals surface area contributed by atoms with Gasteiger partial charge in [-0.25, -0.2) is 16.8 Å². The zero-order valence-electron chi connectivity index (χ0n) is 22.6. The average Bonchev–Trinajstić information content (AvgIpc) is 3.52. The van der Waals surface area contributed by atoms with Crippen molar-refractivity contribution in [1.82, 2.24) is 0 Å². The van der Waals surface area contributed by atoms with Gasteiger partial charge in [-0.15, -0.1) is 0 Å². The molecule has 5 aromatic carbocycles. The Morgan fingerprint density at radius 1 is 0.455 bits per heavy atom. The maximum atomic E-state index is 13.6. The van der Waals surface area contributed by atoms with Crippen LogP contribution in [0.25, 0.3) is 27.8 Å². The lowest BCUT2D eigenvalue weighted by Crippen LogP contribution is -2.03. The van der Waals surface area contributed by atoms with Crippen molar-refractivity contribution in [3.05, 3.63) is 137 Å². The van der Waals surface area contributed by atoms with Gasteiger partial charge in [0.25, 0.3) is 0 Å². The fourth-order valence-electron chi connectivity index (χ4n) is 5.85. The zero-order valence-corrected chi connectivity index (χ0v) is 24.3. The number of hydrogen-bond acceptors (Lipinski definition) is 7. The van der Waals surface area contributed by atoms with Gasteiger partial charge < -0.3 is 0 Å². The van der Waals surface area contributed by atoms with Gasteiger partial charge in [-0.1, -0.05) is 42.5 Å². The van der Waals surface area contributed by atoms with E-state index in [4.69, 9.17) is 0 Å². The van der Waals surface area contributed by atoms with E-state index in [9.17, 15) is 32.2 Å². The number of nitrogens with zero attached hydrogens (tertiary/aromatic N) is 2. The largest absolute Gasteiger partial charge is 0.289 e. The topological polar surface area (TPSA) is 133 Å². The Morgan fingerprint density at radius 3 is 1.41 bits per heavy atom. The summed E-state index contributed by atoms with van der Waals surface area (Å²) in [6.07, 6.45) is 0. The summed E-state index contributed by atoms with van der Waals surface area (Å²) in [6.45, 7) is 0. The van der Waals surface area contributed by atoms with Gasteiger partial charge in [-0.05, 0) is 100 Å². The molecule has 2 aliphatic rings. The van der Waals surface area contributed by atoms with Gasteiger partial charge in [0.1, 0.15) is 17.7 Å². The third-order valence-corrected chi connectivity index (χ3v) is 11.5. The fourth-order valence-corrected chi connectivity index (χ4v) is 8.47. The summed E-state index contributed by atoms with van der Waals surface area (Å²) >= 11 is 0. The van der Waals surface area contributed by atoms with E-state index in [2.05, 4.69) is 0 Å². The highest BCUT2D eigenvalue weighted by Gasteiger charge is 2.35. The molecule has 5 aromatic rings. The highest BCUT2D eigenvalue weighted by Crippen LogP contribution is 2.51. The number of benzene rings is 5. The second-order valence-corrected chi connectivity index (χ2v) is 14.2. The maximum Gasteiger partial charge on any atom is 0.206 e. The van der Waals surface area contributed by atoms with Crippen LogP contribution in [0.4, 0.5) is 0 Å². The first kappa shape index (κ1) is 27.2. The lowest BCUT2D eigenvalue weighted by atomic mass is 9.95. The Kier molecular flexibility index (Phi) is 6.01. The molecule has 0 unspecified atom stereocenters. The molecule has 7 nitrogen and oxygen atoms in total. The van der Waals surface area contributed by atoms with E-state index >= 15 is 0 Å². The molecule has 44 heavy (non-hydrogen) atoms. The minimum Gasteiger partial charge on any atom is -0.289 e. The number of rotatable bonds is 4. The van der Waals surface area contributed by atoms with Crippen LogP contribution < -0.4 is 0 Å². The number of carbonyl (C=O) groups is 1. The van der Waals surface area contributed by atoms with Crippen LogP contribution in [0.2, 0.25) is 0 Å². The van der Waals surface area contributed by atoms with Crippen molar-refractivity contribution in [2.24, 2.45) is 0 Å². The molecular weight excluding hydrogens is 593 g/mol. The normalized spacial score (nSPS) is 12.9. The Bertz CT molecular complexity index is 2420. The van der Waals surface area contributed by atoms with E-state index in [0.29, 0.717) is 50.1 Å². The van der Waals surface area contributed by atoms with E-state index < -0.39 is 19.7 Å². The smallest absolute Gasteiger partial charge is 0.206 e. The van der Waals surface area contributed by atoms with Crippen molar-refractivity contribution in [3.8, 4) is 34.4 Å². The van der Waals surface area contributed by atoms with E-state index in [0.717, 1.165) is 0 Å². The quantitative estimate of drug-likeness (QED) is 0.211. The molecule has 0 N–H and O–H groups in total. The summed E-state index contributed by atoms with van der Waals surface area (Å²) < 4.78 is 53.8. The van der Waals surface area contributed by atoms with Gasteiger partial charge in [0.05, 0.1) is 19.6 Å². The molecule has 9 heteroatoms. The van der Waals surface area contributed by atoms with Gasteiger partial charge in [0, 0.05) is 16.7 Å². The molecule has 210 valence electrons. The number of fused-ring (bicyclic) bond motifs is 6. The SMILES string of the molecule is N#CC(C#N)=C1c2ccc(S(=O)(=O)c3ccccc3)cc2-c2cc3c(cc21)C(=O)c1ccc(S(=O)(=O)c2ccccc2)cc1-3. The summed E-state index contributed by atoms with van der Waals surface area (Å²) in [5.74, 6) is -0.320. The number of hydrogen-bond donors (Lipinski definition) is 0. The van der Waals surface area contributed by atoms with Crippen molar-refractivity contribution < 1.29 is 21.6 Å². The van der Waals surface area contributed by atoms with Crippen LogP contribution in [0.15, 0.2) is 134 Å². The first-order chi connectivity index (χ1) is 21.2. The molecular formula is C35H18N2O5S2. The molecule has 0 spiro atoms. The van der Waals surface area contributed by atoms with Crippen LogP contribution in [-0.2, 0) is 19.7 Å². The molecule has 7 rings (SSSR count). The van der Waals surface area contributed by atoms with Crippen molar-refractivity contribution in [2.45, 2.75) is 19.6 Å². The lowest BCUT2D eigenvalue weighted by molar-refractivity contribution is 0.104. The Balaban J connectivity index is 1.46. The fraction of sp³-hybridized carbons (Fsp3) is 0. The summed E-state index contributed by atoms with van der Waals surface area (Å²) in [4.78, 5) is 13.9. The highest BCUT2D eigenvalue weighted by molar-refractivity contribution is 7.91. The van der Waals surface area contributed by atoms with E-state index in [1.165, 1.54) is 54.6 Å². The van der Waals surface area contributed by atoms with Crippen molar-refractivity contribution in [3.63, 3.8) is 0 Å². The zero-order chi connectivity index (χ0) is 30.8. The maximum absolute atomic E-state index is 13.6. The molecule has 0 bridgehead atoms. The first-order valence-electron chi connectivity index (χ1n) is 13.3. The average molecular weight is 611 g/mol. The Hall–Kier alpha value is -5.61. The number of sulfone groups is 2. The number of nitriles is 2. The van der Waals surface area contributed by atoms with Crippen molar-refractivity contribution >= 4 is 31.0 Å². The Morgan fingerprint density at radius 2 is 0.886 bits per heavy atom. The molecule has 0 saturated heterocycles. The molecule has 2 aliphatic carbocycles. The van der Waals surface area contributed by atoms with Crippen molar-refractivity contribution in [1.29, 1.82) is 10.5 Å². The predicted octanol–water partition coefficient (Wildman–Crippen LogP) is 6.39. The molecule has 0 atom stereocenters. The summed E-state index contributed by atoms with van der Waals surface area (Å²) in [5, 5.41) is 19.6. The highest BCUT2D eigenvalue weighted by atomic mass is 32.2. The number of allylic oxidation sites excluding steroid dienone is 1. The van der Waals surface area contributed by atoms with Crippen LogP contribution >= 0.6 is 0 Å². The minimum atomic E-state index is -3.90. The Labute approximate surface area is 253 Å². The summed E-state index contributed by atoms with van der Waals surface area (Å²) in [6, 6.07) is 32.0. The number of ketones is 1. The van der Waals surface area contributed by atoms with E-state index in [1.54, 1.807) is 54.6 Å². The van der Waals surface area contributed by atoms with Gasteiger partial charge >= 0.3 is 0 Å². The molecule has 0 heterocycles. The van der Waals surface area contributed by atoms with Gasteiger partial charge in [0.2, 0.25) is 19.7 Å². The second kappa shape index (κ2) is 9.72. The van der Waals surface area contributed by atoms with Gasteiger partial charge in [-0.3, -0.25) is 4.79 Å². The first-order valence-corrected chi connectivity index (χ1v) is 16.3. The van der Waals surface area contributed by atoms with E-state index in [1.807, 2.05) is 12.1 Å². The van der Waals surface area contributed by atoms with Crippen LogP contribution in [-0.4, -0.2) is 22.6 Å². The summed E-state index contributed by atoms with van der Waals surface area (Å²) in [5.41, 5.74) is 3.60. The molecule has 0 saturated carbocycles. The van der Waals surface area contributed by atoms with E-state index in [-0.39, 0.29) is 30.9 Å². The molecule has 0 radical (unpaired) electrons. The second-order valence-electron chi connectivity index (χ2n) is 10.3. The van der Waals surface area contributed by atoms with Crippen LogP contribution in [0, 0.1) is 22.7 Å². The third-order valence-electron chi connectivity index (χ3n) is 7.95. The minimum absolute atomic E-state index is 0.0251. The molecule has 0 fully saturated rings. The molecule has 0 aliphatic heterocycles. The monoisotopic (exact) mass is 610 g/mol. The molecule has 0 aromatic heterocycles. The predicted molar refractivity (Wildman–Crippen MR) is 162 cm³/mol. The van der Waals surface area contributed by atoms with Gasteiger partial charge in [-0.2, -0.15) is 10.5 Å². The van der Waals surface area contributed by atoms with Crippen molar-refractivity contribution in [2.75, 3.05) is 0 Å². The molecule has 0 amide bonds. The van der Waals surface area contributed by atoms with Crippen LogP contribution in [0.3, 0.4) is 0 Å². The lowest BCUT2D eigenvalue weighted by Gasteiger charge is -2.09. The van der Waals surface area contributed by atoms with Gasteiger partial charge in [0.15, 0.2) is 5.78 Å².